The average Bonchev–Trinajstić information content (AvgIpc) is 3.09. The van der Waals surface area contributed by atoms with E-state index in [4.69, 9.17) is 0 Å². The zero-order valence-electron chi connectivity index (χ0n) is 18.0. The first-order chi connectivity index (χ1) is 16.1. The van der Waals surface area contributed by atoms with Crippen LogP contribution >= 0.6 is 23.1 Å². The Hall–Kier alpha value is -3.18. The maximum absolute atomic E-state index is 13.6. The van der Waals surface area contributed by atoms with Crippen LogP contribution in [0.2, 0.25) is 0 Å². The lowest BCUT2D eigenvalue weighted by molar-refractivity contribution is -0.388. The van der Waals surface area contributed by atoms with Crippen molar-refractivity contribution in [1.82, 2.24) is 9.55 Å². The summed E-state index contributed by atoms with van der Waals surface area (Å²) in [5.41, 5.74) is -0.805. The molecule has 2 aromatic carbocycles. The van der Waals surface area contributed by atoms with Crippen molar-refractivity contribution in [3.8, 4) is 5.69 Å². The van der Waals surface area contributed by atoms with Gasteiger partial charge in [-0.05, 0) is 54.9 Å². The number of aromatic nitrogens is 2. The Balaban J connectivity index is 1.95. The number of benzene rings is 2. The van der Waals surface area contributed by atoms with Crippen LogP contribution in [0, 0.1) is 17.0 Å². The maximum Gasteiger partial charge on any atom is 0.416 e. The van der Waals surface area contributed by atoms with Crippen LogP contribution in [0.5, 0.6) is 0 Å². The first kappa shape index (κ1) is 24.0. The Kier molecular flexibility index (Phi) is 6.50. The number of fused-ring (bicyclic) bond motifs is 1. The molecule has 0 amide bonds. The van der Waals surface area contributed by atoms with Gasteiger partial charge in [0.05, 0.1) is 26.5 Å². The molecule has 11 heteroatoms. The standard InChI is InChI=1S/C23H18F3N3O3S2/c1-3-7-17-13(2)19-20(33-17)27-22(28(21(19)30)15-8-5-4-6-9-15)34-18-11-10-14(23(24,25)26)12-16(18)29(31)32/h4-6,8-12H,3,7H2,1-2H3. The molecule has 0 fully saturated rings. The molecule has 0 saturated carbocycles. The van der Waals surface area contributed by atoms with Gasteiger partial charge in [-0.1, -0.05) is 31.5 Å². The van der Waals surface area contributed by atoms with Crippen LogP contribution < -0.4 is 5.56 Å². The first-order valence-electron chi connectivity index (χ1n) is 10.3. The highest BCUT2D eigenvalue weighted by molar-refractivity contribution is 7.99. The predicted molar refractivity (Wildman–Crippen MR) is 126 cm³/mol. The number of nitro groups is 1. The summed E-state index contributed by atoms with van der Waals surface area (Å²) in [6.45, 7) is 3.90. The summed E-state index contributed by atoms with van der Waals surface area (Å²) in [4.78, 5) is 30.5. The third kappa shape index (κ3) is 4.45. The van der Waals surface area contributed by atoms with Gasteiger partial charge >= 0.3 is 6.18 Å². The molecule has 0 unspecified atom stereocenters. The van der Waals surface area contributed by atoms with Gasteiger partial charge in [0.15, 0.2) is 5.16 Å². The zero-order chi connectivity index (χ0) is 24.6. The Bertz CT molecular complexity index is 1450. The van der Waals surface area contributed by atoms with Crippen molar-refractivity contribution in [3.05, 3.63) is 85.0 Å². The van der Waals surface area contributed by atoms with Gasteiger partial charge in [0.2, 0.25) is 0 Å². The average molecular weight is 506 g/mol. The summed E-state index contributed by atoms with van der Waals surface area (Å²) >= 11 is 2.18. The van der Waals surface area contributed by atoms with E-state index >= 15 is 0 Å². The topological polar surface area (TPSA) is 78.0 Å². The molecule has 4 rings (SSSR count). The van der Waals surface area contributed by atoms with Crippen LogP contribution in [0.15, 0.2) is 63.4 Å². The van der Waals surface area contributed by atoms with E-state index in [2.05, 4.69) is 4.98 Å². The fraction of sp³-hybridized carbons (Fsp3) is 0.217. The van der Waals surface area contributed by atoms with E-state index < -0.39 is 22.4 Å². The molecule has 2 aromatic heterocycles. The number of halogens is 3. The lowest BCUT2D eigenvalue weighted by Crippen LogP contribution is -2.21. The molecule has 0 aliphatic rings. The predicted octanol–water partition coefficient (Wildman–Crippen LogP) is 6.79. The van der Waals surface area contributed by atoms with Gasteiger partial charge in [0.25, 0.3) is 11.2 Å². The highest BCUT2D eigenvalue weighted by Crippen LogP contribution is 2.40. The van der Waals surface area contributed by atoms with Gasteiger partial charge in [-0.25, -0.2) is 4.98 Å². The molecule has 0 aliphatic carbocycles. The molecule has 0 N–H and O–H groups in total. The number of rotatable bonds is 6. The Labute approximate surface area is 200 Å². The summed E-state index contributed by atoms with van der Waals surface area (Å²) in [5, 5.41) is 12.2. The number of para-hydroxylation sites is 1. The van der Waals surface area contributed by atoms with Gasteiger partial charge in [-0.3, -0.25) is 19.5 Å². The van der Waals surface area contributed by atoms with Crippen LogP contribution in [0.3, 0.4) is 0 Å². The molecular formula is C23H18F3N3O3S2. The first-order valence-corrected chi connectivity index (χ1v) is 11.9. The van der Waals surface area contributed by atoms with E-state index in [0.29, 0.717) is 22.0 Å². The minimum atomic E-state index is -4.72. The molecule has 34 heavy (non-hydrogen) atoms. The third-order valence-corrected chi connectivity index (χ3v) is 7.48. The largest absolute Gasteiger partial charge is 0.416 e. The second-order valence-electron chi connectivity index (χ2n) is 7.49. The van der Waals surface area contributed by atoms with E-state index in [1.165, 1.54) is 15.9 Å². The van der Waals surface area contributed by atoms with E-state index in [0.717, 1.165) is 47.2 Å². The maximum atomic E-state index is 13.6. The van der Waals surface area contributed by atoms with Crippen LogP contribution in [0.1, 0.15) is 29.3 Å². The lowest BCUT2D eigenvalue weighted by atomic mass is 10.1. The monoisotopic (exact) mass is 505 g/mol. The molecule has 2 heterocycles. The summed E-state index contributed by atoms with van der Waals surface area (Å²) in [6, 6.07) is 11.0. The molecular weight excluding hydrogens is 487 g/mol. The fourth-order valence-corrected chi connectivity index (χ4v) is 5.88. The number of alkyl halides is 3. The highest BCUT2D eigenvalue weighted by atomic mass is 32.2. The molecule has 4 aromatic rings. The summed E-state index contributed by atoms with van der Waals surface area (Å²) in [5.74, 6) is 0. The molecule has 0 bridgehead atoms. The Morgan fingerprint density at radius 3 is 2.50 bits per heavy atom. The van der Waals surface area contributed by atoms with Crippen LogP contribution in [-0.4, -0.2) is 14.5 Å². The highest BCUT2D eigenvalue weighted by Gasteiger charge is 2.33. The summed E-state index contributed by atoms with van der Waals surface area (Å²) in [6.07, 6.45) is -3.05. The molecule has 0 aliphatic heterocycles. The minimum Gasteiger partial charge on any atom is -0.268 e. The number of hydrogen-bond donors (Lipinski definition) is 0. The summed E-state index contributed by atoms with van der Waals surface area (Å²) in [7, 11) is 0. The Morgan fingerprint density at radius 2 is 1.88 bits per heavy atom. The summed E-state index contributed by atoms with van der Waals surface area (Å²) < 4.78 is 40.7. The minimum absolute atomic E-state index is 0.0454. The molecule has 176 valence electrons. The van der Waals surface area contributed by atoms with Crippen LogP contribution in [-0.2, 0) is 12.6 Å². The SMILES string of the molecule is CCCc1sc2nc(Sc3ccc(C(F)(F)F)cc3[N+](=O)[O-])n(-c3ccccc3)c(=O)c2c1C. The van der Waals surface area contributed by atoms with Crippen molar-refractivity contribution in [2.45, 2.75) is 42.9 Å². The smallest absolute Gasteiger partial charge is 0.268 e. The van der Waals surface area contributed by atoms with E-state index in [1.807, 2.05) is 13.8 Å². The zero-order valence-corrected chi connectivity index (χ0v) is 19.7. The van der Waals surface area contributed by atoms with Crippen molar-refractivity contribution >= 4 is 39.0 Å². The van der Waals surface area contributed by atoms with Crippen molar-refractivity contribution in [1.29, 1.82) is 0 Å². The number of aryl methyl sites for hydroxylation is 2. The third-order valence-electron chi connectivity index (χ3n) is 5.21. The van der Waals surface area contributed by atoms with Crippen molar-refractivity contribution < 1.29 is 18.1 Å². The van der Waals surface area contributed by atoms with Gasteiger partial charge in [-0.15, -0.1) is 11.3 Å². The molecule has 0 atom stereocenters. The molecule has 6 nitrogen and oxygen atoms in total. The second-order valence-corrected chi connectivity index (χ2v) is 9.58. The number of hydrogen-bond acceptors (Lipinski definition) is 6. The molecule has 0 saturated heterocycles. The van der Waals surface area contributed by atoms with Crippen molar-refractivity contribution in [2.75, 3.05) is 0 Å². The van der Waals surface area contributed by atoms with E-state index in [9.17, 15) is 28.1 Å². The van der Waals surface area contributed by atoms with E-state index in [1.54, 1.807) is 30.3 Å². The normalized spacial score (nSPS) is 11.8. The molecule has 0 radical (unpaired) electrons. The fourth-order valence-electron chi connectivity index (χ4n) is 3.57. The second kappa shape index (κ2) is 9.22. The van der Waals surface area contributed by atoms with Crippen LogP contribution in [0.25, 0.3) is 15.9 Å². The van der Waals surface area contributed by atoms with Gasteiger partial charge in [-0.2, -0.15) is 13.2 Å². The van der Waals surface area contributed by atoms with Crippen molar-refractivity contribution in [2.24, 2.45) is 0 Å². The van der Waals surface area contributed by atoms with Gasteiger partial charge in [0, 0.05) is 10.9 Å². The van der Waals surface area contributed by atoms with Gasteiger partial charge in [0.1, 0.15) is 4.83 Å². The number of thiophene rings is 1. The van der Waals surface area contributed by atoms with Crippen molar-refractivity contribution in [3.63, 3.8) is 0 Å². The number of nitrogens with zero attached hydrogens (tertiary/aromatic N) is 3. The Morgan fingerprint density at radius 1 is 1.18 bits per heavy atom. The molecule has 0 spiro atoms. The quantitative estimate of drug-likeness (QED) is 0.164. The van der Waals surface area contributed by atoms with E-state index in [-0.39, 0.29) is 15.6 Å². The lowest BCUT2D eigenvalue weighted by Gasteiger charge is -2.13. The van der Waals surface area contributed by atoms with Gasteiger partial charge < -0.3 is 0 Å². The van der Waals surface area contributed by atoms with Crippen LogP contribution in [0.4, 0.5) is 18.9 Å². The number of nitro benzene ring substituents is 1.